The zero-order chi connectivity index (χ0) is 18.2. The van der Waals surface area contributed by atoms with E-state index >= 15 is 0 Å². The van der Waals surface area contributed by atoms with Gasteiger partial charge in [-0.1, -0.05) is 24.6 Å². The number of anilines is 1. The zero-order valence-corrected chi connectivity index (χ0v) is 16.5. The summed E-state index contributed by atoms with van der Waals surface area (Å²) in [5.41, 5.74) is 0.427. The Balaban J connectivity index is 1.93. The van der Waals surface area contributed by atoms with Gasteiger partial charge in [0.2, 0.25) is 0 Å². The summed E-state index contributed by atoms with van der Waals surface area (Å²) in [7, 11) is -3.90. The van der Waals surface area contributed by atoms with Crippen LogP contribution in [0.5, 0.6) is 0 Å². The van der Waals surface area contributed by atoms with Gasteiger partial charge in [0.05, 0.1) is 15.1 Å². The Morgan fingerprint density at radius 3 is 2.72 bits per heavy atom. The molecule has 2 heterocycles. The molecular formula is C16H16ClFN2O2S3. The van der Waals surface area contributed by atoms with Gasteiger partial charge in [0.1, 0.15) is 10.0 Å². The molecule has 0 spiro atoms. The molecule has 2 aromatic rings. The lowest BCUT2D eigenvalue weighted by molar-refractivity contribution is 0.473. The lowest BCUT2D eigenvalue weighted by Crippen LogP contribution is -2.29. The molecule has 1 aliphatic heterocycles. The topological polar surface area (TPSA) is 70.0 Å². The minimum atomic E-state index is -3.90. The van der Waals surface area contributed by atoms with E-state index in [9.17, 15) is 12.8 Å². The predicted octanol–water partition coefficient (Wildman–Crippen LogP) is 5.10. The van der Waals surface area contributed by atoms with Crippen LogP contribution < -0.4 is 4.72 Å². The first kappa shape index (κ1) is 18.7. The average Bonchev–Trinajstić information content (AvgIpc) is 2.96. The van der Waals surface area contributed by atoms with E-state index in [0.29, 0.717) is 15.8 Å². The number of nitrogens with one attached hydrogen (secondary N) is 2. The molecule has 0 aliphatic carbocycles. The third-order valence-corrected chi connectivity index (χ3v) is 8.19. The molecule has 1 unspecified atom stereocenters. The van der Waals surface area contributed by atoms with Crippen molar-refractivity contribution in [2.45, 2.75) is 29.4 Å². The number of hydrogen-bond acceptors (Lipinski definition) is 5. The van der Waals surface area contributed by atoms with Crippen molar-refractivity contribution < 1.29 is 12.8 Å². The number of sulfonamides is 1. The second kappa shape index (κ2) is 6.90. The fraction of sp³-hybridized carbons (Fsp3) is 0.312. The fourth-order valence-corrected chi connectivity index (χ4v) is 6.52. The summed E-state index contributed by atoms with van der Waals surface area (Å²) in [6.07, 6.45) is 1.41. The maximum atomic E-state index is 14.2. The monoisotopic (exact) mass is 418 g/mol. The summed E-state index contributed by atoms with van der Waals surface area (Å²) in [5.74, 6) is 0.181. The molecule has 4 nitrogen and oxygen atoms in total. The van der Waals surface area contributed by atoms with Gasteiger partial charge in [-0.05, 0) is 47.4 Å². The molecule has 0 bridgehead atoms. The van der Waals surface area contributed by atoms with Crippen LogP contribution in [0.4, 0.5) is 10.1 Å². The van der Waals surface area contributed by atoms with Gasteiger partial charge in [0.15, 0.2) is 0 Å². The molecule has 0 radical (unpaired) electrons. The van der Waals surface area contributed by atoms with Crippen LogP contribution >= 0.6 is 34.7 Å². The zero-order valence-electron chi connectivity index (χ0n) is 13.3. The summed E-state index contributed by atoms with van der Waals surface area (Å²) in [6, 6.07) is 7.34. The molecule has 1 aromatic heterocycles. The van der Waals surface area contributed by atoms with Gasteiger partial charge in [0.25, 0.3) is 10.0 Å². The minimum Gasteiger partial charge on any atom is -0.298 e. The molecule has 9 heteroatoms. The van der Waals surface area contributed by atoms with Crippen LogP contribution in [0.2, 0.25) is 4.34 Å². The number of thiophene rings is 1. The van der Waals surface area contributed by atoms with Gasteiger partial charge >= 0.3 is 0 Å². The van der Waals surface area contributed by atoms with E-state index in [2.05, 4.69) is 4.72 Å². The molecule has 0 amide bonds. The van der Waals surface area contributed by atoms with E-state index in [1.165, 1.54) is 36.0 Å². The van der Waals surface area contributed by atoms with Crippen LogP contribution in [0.25, 0.3) is 0 Å². The number of hydrogen-bond donors (Lipinski definition) is 2. The Bertz CT molecular complexity index is 929. The van der Waals surface area contributed by atoms with Crippen molar-refractivity contribution in [1.29, 1.82) is 5.41 Å². The molecule has 1 aliphatic rings. The Morgan fingerprint density at radius 1 is 1.32 bits per heavy atom. The quantitative estimate of drug-likeness (QED) is 0.725. The van der Waals surface area contributed by atoms with E-state index in [-0.39, 0.29) is 15.3 Å². The van der Waals surface area contributed by atoms with Crippen LogP contribution in [0.1, 0.15) is 25.3 Å². The van der Waals surface area contributed by atoms with Crippen LogP contribution in [0.3, 0.4) is 0 Å². The van der Waals surface area contributed by atoms with Crippen molar-refractivity contribution in [2.75, 3.05) is 10.5 Å². The highest BCUT2D eigenvalue weighted by Crippen LogP contribution is 2.40. The maximum absolute atomic E-state index is 14.2. The molecule has 1 aromatic carbocycles. The SMILES string of the molecule is CC1(c2ccc(F)c(NS(=O)(=O)c3ccc(Cl)s3)c2)CCSC(=N)C1. The molecule has 134 valence electrons. The third-order valence-electron chi connectivity index (χ3n) is 4.20. The van der Waals surface area contributed by atoms with E-state index in [1.54, 1.807) is 6.07 Å². The molecule has 1 fully saturated rings. The van der Waals surface area contributed by atoms with Gasteiger partial charge in [0, 0.05) is 6.42 Å². The smallest absolute Gasteiger partial charge is 0.271 e. The molecule has 1 saturated heterocycles. The number of rotatable bonds is 4. The lowest BCUT2D eigenvalue weighted by atomic mass is 9.77. The number of thioether (sulfide) groups is 1. The summed E-state index contributed by atoms with van der Waals surface area (Å²) in [5, 5.41) is 8.51. The Kier molecular flexibility index (Phi) is 5.16. The highest BCUT2D eigenvalue weighted by molar-refractivity contribution is 8.13. The van der Waals surface area contributed by atoms with E-state index in [1.807, 2.05) is 6.92 Å². The number of halogens is 2. The van der Waals surface area contributed by atoms with Crippen molar-refractivity contribution >= 4 is 55.5 Å². The van der Waals surface area contributed by atoms with E-state index in [0.717, 1.165) is 29.1 Å². The molecule has 0 saturated carbocycles. The van der Waals surface area contributed by atoms with Crippen molar-refractivity contribution in [3.8, 4) is 0 Å². The summed E-state index contributed by atoms with van der Waals surface area (Å²) < 4.78 is 41.7. The third kappa shape index (κ3) is 4.02. The highest BCUT2D eigenvalue weighted by Gasteiger charge is 2.32. The first-order valence-electron chi connectivity index (χ1n) is 7.48. The second-order valence-electron chi connectivity index (χ2n) is 6.12. The molecule has 1 atom stereocenters. The Hall–Kier alpha value is -1.09. The Morgan fingerprint density at radius 2 is 2.08 bits per heavy atom. The summed E-state index contributed by atoms with van der Waals surface area (Å²) >= 11 is 8.22. The van der Waals surface area contributed by atoms with Crippen molar-refractivity contribution in [3.05, 3.63) is 46.0 Å². The molecule has 3 rings (SSSR count). The molecular weight excluding hydrogens is 403 g/mol. The Labute approximate surface area is 159 Å². The normalized spacial score (nSPS) is 21.3. The second-order valence-corrected chi connectivity index (χ2v) is 10.9. The standard InChI is InChI=1S/C16H16ClFN2O2S3/c1-16(6-7-23-14(19)9-16)10-2-3-11(18)12(8-10)20-25(21,22)15-5-4-13(17)24-15/h2-5,8,19-20H,6-7,9H2,1H3. The van der Waals surface area contributed by atoms with Crippen LogP contribution in [0.15, 0.2) is 34.5 Å². The maximum Gasteiger partial charge on any atom is 0.271 e. The van der Waals surface area contributed by atoms with Crippen LogP contribution in [-0.2, 0) is 15.4 Å². The van der Waals surface area contributed by atoms with E-state index < -0.39 is 15.8 Å². The van der Waals surface area contributed by atoms with Crippen LogP contribution in [0, 0.1) is 11.2 Å². The first-order valence-corrected chi connectivity index (χ1v) is 11.1. The van der Waals surface area contributed by atoms with Crippen molar-refractivity contribution in [3.63, 3.8) is 0 Å². The van der Waals surface area contributed by atoms with Gasteiger partial charge in [-0.25, -0.2) is 12.8 Å². The lowest BCUT2D eigenvalue weighted by Gasteiger charge is -2.34. The van der Waals surface area contributed by atoms with Gasteiger partial charge in [-0.2, -0.15) is 0 Å². The minimum absolute atomic E-state index is 0.0318. The first-order chi connectivity index (χ1) is 11.7. The van der Waals surface area contributed by atoms with Crippen molar-refractivity contribution in [1.82, 2.24) is 0 Å². The van der Waals surface area contributed by atoms with Gasteiger partial charge in [-0.3, -0.25) is 10.1 Å². The highest BCUT2D eigenvalue weighted by atomic mass is 35.5. The van der Waals surface area contributed by atoms with Crippen molar-refractivity contribution in [2.24, 2.45) is 0 Å². The summed E-state index contributed by atoms with van der Waals surface area (Å²) in [6.45, 7) is 2.02. The summed E-state index contributed by atoms with van der Waals surface area (Å²) in [4.78, 5) is 0. The van der Waals surface area contributed by atoms with Gasteiger partial charge < -0.3 is 0 Å². The molecule has 2 N–H and O–H groups in total. The average molecular weight is 419 g/mol. The fourth-order valence-electron chi connectivity index (χ4n) is 2.76. The predicted molar refractivity (Wildman–Crippen MR) is 103 cm³/mol. The molecule has 25 heavy (non-hydrogen) atoms. The largest absolute Gasteiger partial charge is 0.298 e. The van der Waals surface area contributed by atoms with E-state index in [4.69, 9.17) is 17.0 Å². The van der Waals surface area contributed by atoms with Crippen LogP contribution in [-0.4, -0.2) is 19.2 Å². The van der Waals surface area contributed by atoms with Gasteiger partial charge in [-0.15, -0.1) is 23.1 Å². The number of benzene rings is 1.